The van der Waals surface area contributed by atoms with Gasteiger partial charge in [0, 0.05) is 38.8 Å². The van der Waals surface area contributed by atoms with Crippen molar-refractivity contribution in [1.29, 1.82) is 0 Å². The molecule has 0 radical (unpaired) electrons. The molecular weight excluding hydrogens is 322 g/mol. The molecule has 0 fully saturated rings. The Bertz CT molecular complexity index is 597. The lowest BCUT2D eigenvalue weighted by molar-refractivity contribution is -0.384. The molecule has 0 unspecified atom stereocenters. The third kappa shape index (κ3) is 6.40. The molecule has 8 heteroatoms. The van der Waals surface area contributed by atoms with E-state index in [1.54, 1.807) is 21.9 Å². The first-order valence-corrected chi connectivity index (χ1v) is 8.43. The highest BCUT2D eigenvalue weighted by atomic mass is 16.6. The van der Waals surface area contributed by atoms with Crippen LogP contribution in [0.15, 0.2) is 29.3 Å². The van der Waals surface area contributed by atoms with E-state index in [0.29, 0.717) is 32.1 Å². The van der Waals surface area contributed by atoms with Crippen LogP contribution in [-0.4, -0.2) is 59.8 Å². The fourth-order valence-electron chi connectivity index (χ4n) is 2.31. The van der Waals surface area contributed by atoms with Gasteiger partial charge in [-0.05, 0) is 26.3 Å². The molecule has 1 aromatic rings. The van der Waals surface area contributed by atoms with E-state index in [-0.39, 0.29) is 18.1 Å². The summed E-state index contributed by atoms with van der Waals surface area (Å²) in [5.41, 5.74) is 0.922. The van der Waals surface area contributed by atoms with Gasteiger partial charge in [-0.3, -0.25) is 14.9 Å². The van der Waals surface area contributed by atoms with Crippen LogP contribution in [0.4, 0.5) is 5.69 Å². The largest absolute Gasteiger partial charge is 0.357 e. The molecule has 0 aromatic heterocycles. The van der Waals surface area contributed by atoms with Gasteiger partial charge in [0.1, 0.15) is 0 Å². The molecule has 0 atom stereocenters. The Morgan fingerprint density at radius 1 is 1.20 bits per heavy atom. The fourth-order valence-corrected chi connectivity index (χ4v) is 2.31. The summed E-state index contributed by atoms with van der Waals surface area (Å²) in [4.78, 5) is 30.6. The van der Waals surface area contributed by atoms with Gasteiger partial charge in [-0.15, -0.1) is 0 Å². The van der Waals surface area contributed by atoms with Gasteiger partial charge in [0.05, 0.1) is 18.0 Å². The molecule has 138 valence electrons. The molecule has 8 nitrogen and oxygen atoms in total. The van der Waals surface area contributed by atoms with E-state index in [4.69, 9.17) is 0 Å². The number of benzene rings is 1. The van der Waals surface area contributed by atoms with Gasteiger partial charge in [-0.1, -0.05) is 12.1 Å². The maximum absolute atomic E-state index is 12.2. The summed E-state index contributed by atoms with van der Waals surface area (Å²) in [6.07, 6.45) is 0. The SMILES string of the molecule is CCNC(=NCc1ccc([N+](=O)[O-])cc1)N(C)CC(=O)N(CC)CC. The summed E-state index contributed by atoms with van der Waals surface area (Å²) >= 11 is 0. The van der Waals surface area contributed by atoms with Crippen molar-refractivity contribution in [2.75, 3.05) is 33.2 Å². The maximum atomic E-state index is 12.2. The number of nitrogens with one attached hydrogen (secondary N) is 1. The Morgan fingerprint density at radius 2 is 1.80 bits per heavy atom. The van der Waals surface area contributed by atoms with Gasteiger partial charge < -0.3 is 15.1 Å². The van der Waals surface area contributed by atoms with Crippen LogP contribution in [0.25, 0.3) is 0 Å². The Balaban J connectivity index is 2.78. The van der Waals surface area contributed by atoms with Crippen molar-refractivity contribution in [3.63, 3.8) is 0 Å². The standard InChI is InChI=1S/C17H27N5O3/c1-5-18-17(20(4)13-16(23)21(6-2)7-3)19-12-14-8-10-15(11-9-14)22(24)25/h8-11H,5-7,12-13H2,1-4H3,(H,18,19). The van der Waals surface area contributed by atoms with E-state index in [9.17, 15) is 14.9 Å². The predicted octanol–water partition coefficient (Wildman–Crippen LogP) is 1.86. The van der Waals surface area contributed by atoms with Crippen molar-refractivity contribution in [2.24, 2.45) is 4.99 Å². The van der Waals surface area contributed by atoms with Crippen LogP contribution >= 0.6 is 0 Å². The van der Waals surface area contributed by atoms with Crippen molar-refractivity contribution < 1.29 is 9.72 Å². The molecule has 25 heavy (non-hydrogen) atoms. The monoisotopic (exact) mass is 349 g/mol. The Labute approximate surface area is 148 Å². The zero-order valence-electron chi connectivity index (χ0n) is 15.4. The average molecular weight is 349 g/mol. The first-order chi connectivity index (χ1) is 11.9. The Morgan fingerprint density at radius 3 is 2.28 bits per heavy atom. The lowest BCUT2D eigenvalue weighted by Crippen LogP contribution is -2.45. The summed E-state index contributed by atoms with van der Waals surface area (Å²) in [5, 5.41) is 13.8. The fraction of sp³-hybridized carbons (Fsp3) is 0.529. The molecule has 0 aliphatic rings. The zero-order chi connectivity index (χ0) is 18.8. The van der Waals surface area contributed by atoms with Crippen molar-refractivity contribution in [1.82, 2.24) is 15.1 Å². The number of likely N-dealkylation sites (N-methyl/N-ethyl adjacent to an activating group) is 2. The smallest absolute Gasteiger partial charge is 0.269 e. The molecule has 1 rings (SSSR count). The van der Waals surface area contributed by atoms with Crippen LogP contribution in [0.1, 0.15) is 26.3 Å². The number of non-ortho nitro benzene ring substituents is 1. The van der Waals surface area contributed by atoms with Gasteiger partial charge in [-0.2, -0.15) is 0 Å². The highest BCUT2D eigenvalue weighted by Gasteiger charge is 2.15. The highest BCUT2D eigenvalue weighted by Crippen LogP contribution is 2.12. The van der Waals surface area contributed by atoms with Crippen molar-refractivity contribution >= 4 is 17.6 Å². The molecule has 0 spiro atoms. The molecule has 1 aromatic carbocycles. The van der Waals surface area contributed by atoms with Crippen LogP contribution < -0.4 is 5.32 Å². The number of amides is 1. The minimum absolute atomic E-state index is 0.0495. The number of nitrogens with zero attached hydrogens (tertiary/aromatic N) is 4. The summed E-state index contributed by atoms with van der Waals surface area (Å²) in [5.74, 6) is 0.676. The molecule has 0 bridgehead atoms. The molecule has 1 N–H and O–H groups in total. The van der Waals surface area contributed by atoms with Crippen LogP contribution in [-0.2, 0) is 11.3 Å². The quantitative estimate of drug-likeness (QED) is 0.335. The minimum atomic E-state index is -0.427. The number of rotatable bonds is 8. The molecule has 0 heterocycles. The van der Waals surface area contributed by atoms with E-state index in [0.717, 1.165) is 5.56 Å². The predicted molar refractivity (Wildman–Crippen MR) is 98.5 cm³/mol. The van der Waals surface area contributed by atoms with E-state index < -0.39 is 4.92 Å². The van der Waals surface area contributed by atoms with E-state index in [1.165, 1.54) is 12.1 Å². The summed E-state index contributed by atoms with van der Waals surface area (Å²) in [6, 6.07) is 6.30. The number of aliphatic imine (C=N–C) groups is 1. The van der Waals surface area contributed by atoms with Gasteiger partial charge in [0.15, 0.2) is 5.96 Å². The number of carbonyl (C=O) groups is 1. The van der Waals surface area contributed by atoms with Crippen LogP contribution in [0.3, 0.4) is 0 Å². The number of hydrogen-bond acceptors (Lipinski definition) is 4. The van der Waals surface area contributed by atoms with Gasteiger partial charge in [-0.25, -0.2) is 4.99 Å². The van der Waals surface area contributed by atoms with E-state index in [1.807, 2.05) is 27.8 Å². The first kappa shape index (κ1) is 20.4. The molecule has 1 amide bonds. The van der Waals surface area contributed by atoms with Gasteiger partial charge in [0.2, 0.25) is 5.91 Å². The lowest BCUT2D eigenvalue weighted by Gasteiger charge is -2.25. The second kappa shape index (κ2) is 10.3. The minimum Gasteiger partial charge on any atom is -0.357 e. The Kier molecular flexibility index (Phi) is 8.38. The number of carbonyl (C=O) groups excluding carboxylic acids is 1. The number of nitro groups is 1. The van der Waals surface area contributed by atoms with E-state index in [2.05, 4.69) is 10.3 Å². The van der Waals surface area contributed by atoms with Crippen LogP contribution in [0, 0.1) is 10.1 Å². The second-order valence-corrected chi connectivity index (χ2v) is 5.52. The molecular formula is C17H27N5O3. The number of guanidine groups is 1. The van der Waals surface area contributed by atoms with Crippen molar-refractivity contribution in [3.05, 3.63) is 39.9 Å². The van der Waals surface area contributed by atoms with Gasteiger partial charge in [0.25, 0.3) is 5.69 Å². The molecule has 0 aliphatic carbocycles. The highest BCUT2D eigenvalue weighted by molar-refractivity contribution is 5.86. The van der Waals surface area contributed by atoms with Crippen LogP contribution in [0.2, 0.25) is 0 Å². The third-order valence-corrected chi connectivity index (χ3v) is 3.74. The van der Waals surface area contributed by atoms with E-state index >= 15 is 0 Å². The summed E-state index contributed by atoms with van der Waals surface area (Å²) in [7, 11) is 1.82. The maximum Gasteiger partial charge on any atom is 0.269 e. The summed E-state index contributed by atoms with van der Waals surface area (Å²) < 4.78 is 0. The number of nitro benzene ring substituents is 1. The summed E-state index contributed by atoms with van der Waals surface area (Å²) in [6.45, 7) is 8.53. The third-order valence-electron chi connectivity index (χ3n) is 3.74. The van der Waals surface area contributed by atoms with Crippen LogP contribution in [0.5, 0.6) is 0 Å². The topological polar surface area (TPSA) is 91.1 Å². The average Bonchev–Trinajstić information content (AvgIpc) is 2.59. The van der Waals surface area contributed by atoms with Crippen molar-refractivity contribution in [3.8, 4) is 0 Å². The Hall–Kier alpha value is -2.64. The zero-order valence-corrected chi connectivity index (χ0v) is 15.4. The molecule has 0 saturated heterocycles. The lowest BCUT2D eigenvalue weighted by atomic mass is 10.2. The molecule has 0 aliphatic heterocycles. The van der Waals surface area contributed by atoms with Gasteiger partial charge >= 0.3 is 0 Å². The van der Waals surface area contributed by atoms with Crippen molar-refractivity contribution in [2.45, 2.75) is 27.3 Å². The number of hydrogen-bond donors (Lipinski definition) is 1. The normalized spacial score (nSPS) is 11.1. The second-order valence-electron chi connectivity index (χ2n) is 5.52. The first-order valence-electron chi connectivity index (χ1n) is 8.43. The molecule has 0 saturated carbocycles.